The summed E-state index contributed by atoms with van der Waals surface area (Å²) in [6.07, 6.45) is 4.75. The first kappa shape index (κ1) is 26.9. The lowest BCUT2D eigenvalue weighted by Gasteiger charge is -2.32. The molecule has 1 fully saturated rings. The van der Waals surface area contributed by atoms with Gasteiger partial charge in [-0.25, -0.2) is 12.7 Å². The molecule has 1 saturated carbocycles. The Kier molecular flexibility index (Phi) is 8.32. The van der Waals surface area contributed by atoms with Crippen LogP contribution >= 0.6 is 0 Å². The molecule has 1 aliphatic heterocycles. The van der Waals surface area contributed by atoms with Gasteiger partial charge < -0.3 is 10.2 Å². The van der Waals surface area contributed by atoms with Crippen molar-refractivity contribution >= 4 is 27.7 Å². The molecule has 0 radical (unpaired) electrons. The normalized spacial score (nSPS) is 17.5. The zero-order chi connectivity index (χ0) is 26.6. The number of hydrogen-bond donors (Lipinski definition) is 1. The third-order valence-electron chi connectivity index (χ3n) is 7.22. The van der Waals surface area contributed by atoms with Crippen molar-refractivity contribution in [3.05, 3.63) is 65.2 Å². The van der Waals surface area contributed by atoms with E-state index in [1.807, 2.05) is 38.1 Å². The third kappa shape index (κ3) is 5.87. The van der Waals surface area contributed by atoms with E-state index >= 15 is 0 Å². The Labute approximate surface area is 219 Å². The number of sulfonamides is 1. The SMILES string of the molecule is CC[C@@H](C(=O)NC1CCCC1)N(Cc1ccc(C)cc1)C(=O)CCCN1C(=O)c2ccccc2S1(=O)=O. The molecule has 0 unspecified atom stereocenters. The van der Waals surface area contributed by atoms with Gasteiger partial charge in [-0.15, -0.1) is 0 Å². The van der Waals surface area contributed by atoms with E-state index in [9.17, 15) is 22.8 Å². The molecule has 2 aromatic carbocycles. The first-order valence-corrected chi connectivity index (χ1v) is 14.5. The van der Waals surface area contributed by atoms with Crippen molar-refractivity contribution in [1.29, 1.82) is 0 Å². The van der Waals surface area contributed by atoms with Gasteiger partial charge in [0.1, 0.15) is 10.9 Å². The van der Waals surface area contributed by atoms with Crippen LogP contribution in [0.5, 0.6) is 0 Å². The highest BCUT2D eigenvalue weighted by Crippen LogP contribution is 2.30. The molecule has 2 aliphatic rings. The van der Waals surface area contributed by atoms with Crippen molar-refractivity contribution in [2.45, 2.75) is 82.3 Å². The minimum absolute atomic E-state index is 0.00181. The summed E-state index contributed by atoms with van der Waals surface area (Å²) < 4.78 is 26.5. The topological polar surface area (TPSA) is 104 Å². The molecule has 198 valence electrons. The molecular formula is C28H35N3O5S. The summed E-state index contributed by atoms with van der Waals surface area (Å²) >= 11 is 0. The Morgan fingerprint density at radius 2 is 1.76 bits per heavy atom. The molecule has 1 N–H and O–H groups in total. The summed E-state index contributed by atoms with van der Waals surface area (Å²) in [5.74, 6) is -0.958. The Hall–Kier alpha value is -3.20. The maximum Gasteiger partial charge on any atom is 0.269 e. The summed E-state index contributed by atoms with van der Waals surface area (Å²) in [5.41, 5.74) is 2.17. The predicted octanol–water partition coefficient (Wildman–Crippen LogP) is 3.79. The zero-order valence-corrected chi connectivity index (χ0v) is 22.3. The average molecular weight is 526 g/mol. The molecule has 1 heterocycles. The minimum Gasteiger partial charge on any atom is -0.352 e. The lowest BCUT2D eigenvalue weighted by molar-refractivity contribution is -0.141. The number of amides is 3. The molecule has 37 heavy (non-hydrogen) atoms. The van der Waals surface area contributed by atoms with Crippen LogP contribution in [0.2, 0.25) is 0 Å². The van der Waals surface area contributed by atoms with Crippen LogP contribution in [0.25, 0.3) is 0 Å². The Bertz CT molecular complexity index is 1250. The Balaban J connectivity index is 1.46. The summed E-state index contributed by atoms with van der Waals surface area (Å²) in [6, 6.07) is 13.5. The van der Waals surface area contributed by atoms with E-state index in [1.54, 1.807) is 17.0 Å². The smallest absolute Gasteiger partial charge is 0.269 e. The maximum atomic E-state index is 13.5. The van der Waals surface area contributed by atoms with Crippen LogP contribution in [0.15, 0.2) is 53.4 Å². The third-order valence-corrected chi connectivity index (χ3v) is 9.07. The first-order valence-electron chi connectivity index (χ1n) is 13.0. The average Bonchev–Trinajstić information content (AvgIpc) is 3.46. The Morgan fingerprint density at radius 3 is 2.41 bits per heavy atom. The fourth-order valence-electron chi connectivity index (χ4n) is 5.15. The lowest BCUT2D eigenvalue weighted by Crippen LogP contribution is -2.51. The molecule has 1 atom stereocenters. The van der Waals surface area contributed by atoms with Crippen LogP contribution in [0.1, 0.15) is 73.4 Å². The monoisotopic (exact) mass is 525 g/mol. The second-order valence-electron chi connectivity index (χ2n) is 9.90. The van der Waals surface area contributed by atoms with Gasteiger partial charge in [-0.1, -0.05) is 61.7 Å². The molecule has 0 saturated heterocycles. The molecule has 8 nitrogen and oxygen atoms in total. The summed E-state index contributed by atoms with van der Waals surface area (Å²) in [7, 11) is -3.92. The van der Waals surface area contributed by atoms with E-state index in [1.165, 1.54) is 12.1 Å². The standard InChI is InChI=1S/C28H35N3O5S/c1-3-24(27(33)29-22-9-4-5-10-22)30(19-21-16-14-20(2)15-17-21)26(32)13-8-18-31-28(34)23-11-6-7-12-25(23)37(31,35)36/h6-7,11-12,14-17,22,24H,3-5,8-10,13,18-19H2,1-2H3,(H,29,33)/t24-/m0/s1. The van der Waals surface area contributed by atoms with Crippen molar-refractivity contribution in [2.75, 3.05) is 6.54 Å². The van der Waals surface area contributed by atoms with E-state index < -0.39 is 22.0 Å². The van der Waals surface area contributed by atoms with Gasteiger partial charge in [0, 0.05) is 25.6 Å². The van der Waals surface area contributed by atoms with Gasteiger partial charge in [-0.3, -0.25) is 14.4 Å². The number of carbonyl (C=O) groups excluding carboxylic acids is 3. The number of benzene rings is 2. The molecule has 9 heteroatoms. The van der Waals surface area contributed by atoms with E-state index in [0.29, 0.717) is 6.42 Å². The quantitative estimate of drug-likeness (QED) is 0.508. The van der Waals surface area contributed by atoms with E-state index in [4.69, 9.17) is 0 Å². The molecule has 0 bridgehead atoms. The van der Waals surface area contributed by atoms with Crippen LogP contribution in [-0.4, -0.2) is 54.0 Å². The molecule has 0 spiro atoms. The fourth-order valence-corrected chi connectivity index (χ4v) is 6.75. The Morgan fingerprint density at radius 1 is 1.08 bits per heavy atom. The van der Waals surface area contributed by atoms with Crippen LogP contribution in [-0.2, 0) is 26.2 Å². The van der Waals surface area contributed by atoms with Crippen molar-refractivity contribution in [2.24, 2.45) is 0 Å². The number of carbonyl (C=O) groups is 3. The van der Waals surface area contributed by atoms with E-state index in [2.05, 4.69) is 5.32 Å². The van der Waals surface area contributed by atoms with Crippen molar-refractivity contribution < 1.29 is 22.8 Å². The molecule has 3 amide bonds. The number of nitrogens with one attached hydrogen (secondary N) is 1. The van der Waals surface area contributed by atoms with Gasteiger partial charge in [0.15, 0.2) is 0 Å². The van der Waals surface area contributed by atoms with Gasteiger partial charge in [0.25, 0.3) is 15.9 Å². The highest BCUT2D eigenvalue weighted by atomic mass is 32.2. The fraction of sp³-hybridized carbons (Fsp3) is 0.464. The van der Waals surface area contributed by atoms with Crippen LogP contribution in [0.4, 0.5) is 0 Å². The highest BCUT2D eigenvalue weighted by molar-refractivity contribution is 7.90. The lowest BCUT2D eigenvalue weighted by atomic mass is 10.1. The van der Waals surface area contributed by atoms with Gasteiger partial charge in [0.2, 0.25) is 11.8 Å². The maximum absolute atomic E-state index is 13.5. The largest absolute Gasteiger partial charge is 0.352 e. The van der Waals surface area contributed by atoms with Crippen LogP contribution < -0.4 is 5.32 Å². The minimum atomic E-state index is -3.92. The molecule has 4 rings (SSSR count). The number of aryl methyl sites for hydroxylation is 1. The summed E-state index contributed by atoms with van der Waals surface area (Å²) in [6.45, 7) is 4.07. The van der Waals surface area contributed by atoms with Crippen LogP contribution in [0.3, 0.4) is 0 Å². The van der Waals surface area contributed by atoms with Crippen molar-refractivity contribution in [1.82, 2.24) is 14.5 Å². The van der Waals surface area contributed by atoms with Gasteiger partial charge in [-0.2, -0.15) is 0 Å². The van der Waals surface area contributed by atoms with E-state index in [0.717, 1.165) is 41.1 Å². The number of hydrogen-bond acceptors (Lipinski definition) is 5. The van der Waals surface area contributed by atoms with Gasteiger partial charge in [0.05, 0.1) is 5.56 Å². The predicted molar refractivity (Wildman–Crippen MR) is 140 cm³/mol. The zero-order valence-electron chi connectivity index (χ0n) is 21.5. The van der Waals surface area contributed by atoms with Gasteiger partial charge in [-0.05, 0) is 50.3 Å². The van der Waals surface area contributed by atoms with E-state index in [-0.39, 0.29) is 54.2 Å². The second-order valence-corrected chi connectivity index (χ2v) is 11.7. The first-order chi connectivity index (χ1) is 17.7. The van der Waals surface area contributed by atoms with Crippen molar-refractivity contribution in [3.63, 3.8) is 0 Å². The number of fused-ring (bicyclic) bond motifs is 1. The number of rotatable bonds is 10. The second kappa shape index (κ2) is 11.5. The number of nitrogens with zero attached hydrogens (tertiary/aromatic N) is 2. The molecule has 2 aromatic rings. The van der Waals surface area contributed by atoms with Gasteiger partial charge >= 0.3 is 0 Å². The highest BCUT2D eigenvalue weighted by Gasteiger charge is 2.40. The molecule has 0 aromatic heterocycles. The van der Waals surface area contributed by atoms with Crippen molar-refractivity contribution in [3.8, 4) is 0 Å². The molecule has 1 aliphatic carbocycles. The van der Waals surface area contributed by atoms with Crippen LogP contribution in [0, 0.1) is 6.92 Å². The summed E-state index contributed by atoms with van der Waals surface area (Å²) in [5, 5.41) is 3.12. The molecular weight excluding hydrogens is 490 g/mol. The summed E-state index contributed by atoms with van der Waals surface area (Å²) in [4.78, 5) is 41.0.